The molecular formula is C16H10F4N2O3. The highest BCUT2D eigenvalue weighted by Crippen LogP contribution is 2.30. The topological polar surface area (TPSA) is 58.6 Å². The molecule has 0 radical (unpaired) electrons. The number of hydrogen-bond acceptors (Lipinski definition) is 3. The second-order valence-corrected chi connectivity index (χ2v) is 5.13. The van der Waals surface area contributed by atoms with Gasteiger partial charge in [0.25, 0.3) is 5.91 Å². The third-order valence-electron chi connectivity index (χ3n) is 3.48. The molecule has 0 spiro atoms. The maximum absolute atomic E-state index is 13.5. The van der Waals surface area contributed by atoms with E-state index >= 15 is 0 Å². The minimum Gasteiger partial charge on any atom is -0.477 e. The fourth-order valence-corrected chi connectivity index (χ4v) is 2.35. The number of ether oxygens (including phenoxy) is 1. The van der Waals surface area contributed by atoms with Crippen LogP contribution in [0.5, 0.6) is 5.75 Å². The number of para-hydroxylation sites is 2. The maximum Gasteiger partial charge on any atom is 0.265 e. The average Bonchev–Trinajstić information content (AvgIpc) is 2.59. The fraction of sp³-hybridized carbons (Fsp3) is 0.125. The Bertz CT molecular complexity index is 846. The van der Waals surface area contributed by atoms with Gasteiger partial charge in [-0.05, 0) is 12.1 Å². The highest BCUT2D eigenvalue weighted by Gasteiger charge is 2.28. The van der Waals surface area contributed by atoms with Crippen LogP contribution >= 0.6 is 0 Å². The molecule has 0 atom stereocenters. The largest absolute Gasteiger partial charge is 0.477 e. The molecule has 0 unspecified atom stereocenters. The number of hydrogen-bond donors (Lipinski definition) is 1. The van der Waals surface area contributed by atoms with Crippen LogP contribution in [0.1, 0.15) is 0 Å². The van der Waals surface area contributed by atoms with Crippen LogP contribution in [-0.2, 0) is 9.59 Å². The highest BCUT2D eigenvalue weighted by atomic mass is 19.2. The lowest BCUT2D eigenvalue weighted by atomic mass is 10.2. The minimum atomic E-state index is -1.75. The summed E-state index contributed by atoms with van der Waals surface area (Å²) in [4.78, 5) is 24.9. The Hall–Kier alpha value is -3.10. The summed E-state index contributed by atoms with van der Waals surface area (Å²) in [5.74, 6) is -9.41. The van der Waals surface area contributed by atoms with Gasteiger partial charge < -0.3 is 10.1 Å². The third kappa shape index (κ3) is 3.12. The molecule has 0 fully saturated rings. The molecule has 0 aliphatic carbocycles. The first-order valence-electron chi connectivity index (χ1n) is 7.03. The molecule has 25 heavy (non-hydrogen) atoms. The number of halogens is 4. The summed E-state index contributed by atoms with van der Waals surface area (Å²) < 4.78 is 58.0. The summed E-state index contributed by atoms with van der Waals surface area (Å²) in [6, 6.07) is 6.41. The van der Waals surface area contributed by atoms with Gasteiger partial charge in [-0.1, -0.05) is 12.1 Å². The molecule has 5 nitrogen and oxygen atoms in total. The van der Waals surface area contributed by atoms with Crippen LogP contribution in [0, 0.1) is 23.3 Å². The van der Waals surface area contributed by atoms with E-state index in [4.69, 9.17) is 0 Å². The Morgan fingerprint density at radius 1 is 1.12 bits per heavy atom. The monoisotopic (exact) mass is 354 g/mol. The molecule has 1 N–H and O–H groups in total. The van der Waals surface area contributed by atoms with Crippen LogP contribution in [0.15, 0.2) is 30.3 Å². The Labute approximate surface area is 138 Å². The second-order valence-electron chi connectivity index (χ2n) is 5.13. The van der Waals surface area contributed by atoms with Crippen molar-refractivity contribution >= 4 is 23.2 Å². The van der Waals surface area contributed by atoms with Gasteiger partial charge in [0.05, 0.1) is 11.4 Å². The van der Waals surface area contributed by atoms with E-state index in [9.17, 15) is 27.2 Å². The summed E-state index contributed by atoms with van der Waals surface area (Å²) in [7, 11) is 0. The highest BCUT2D eigenvalue weighted by molar-refractivity contribution is 6.10. The average molecular weight is 354 g/mol. The first-order chi connectivity index (χ1) is 11.9. The zero-order chi connectivity index (χ0) is 18.1. The molecule has 1 aliphatic heterocycles. The number of nitrogens with zero attached hydrogens (tertiary/aromatic N) is 1. The summed E-state index contributed by atoms with van der Waals surface area (Å²) in [6.45, 7) is -1.25. The standard InChI is InChI=1S/C16H10F4N2O3/c17-8-5-9(18)15(20)16(14(8)19)25-7-13(24)22-6-12(23)21-10-3-1-2-4-11(10)22/h1-5H,6-7H2,(H,21,23). The summed E-state index contributed by atoms with van der Waals surface area (Å²) >= 11 is 0. The van der Waals surface area contributed by atoms with Crippen molar-refractivity contribution in [3.8, 4) is 5.75 Å². The van der Waals surface area contributed by atoms with E-state index in [2.05, 4.69) is 10.1 Å². The van der Waals surface area contributed by atoms with Gasteiger partial charge >= 0.3 is 0 Å². The lowest BCUT2D eigenvalue weighted by Crippen LogP contribution is -2.44. The van der Waals surface area contributed by atoms with Crippen molar-refractivity contribution in [2.45, 2.75) is 0 Å². The van der Waals surface area contributed by atoms with E-state index < -0.39 is 47.4 Å². The van der Waals surface area contributed by atoms with Crippen LogP contribution in [0.4, 0.5) is 28.9 Å². The van der Waals surface area contributed by atoms with Crippen LogP contribution < -0.4 is 15.0 Å². The van der Waals surface area contributed by atoms with Crippen LogP contribution in [0.25, 0.3) is 0 Å². The Kier molecular flexibility index (Phi) is 4.30. The fourth-order valence-electron chi connectivity index (χ4n) is 2.35. The molecule has 9 heteroatoms. The quantitative estimate of drug-likeness (QED) is 0.681. The SMILES string of the molecule is O=C1CN(C(=O)COc2c(F)c(F)cc(F)c2F)c2ccccc2N1. The van der Waals surface area contributed by atoms with E-state index in [0.717, 1.165) is 4.90 Å². The summed E-state index contributed by atoms with van der Waals surface area (Å²) in [5.41, 5.74) is 0.739. The van der Waals surface area contributed by atoms with Gasteiger partial charge in [0, 0.05) is 6.07 Å². The van der Waals surface area contributed by atoms with Crippen molar-refractivity contribution in [2.24, 2.45) is 0 Å². The molecule has 3 rings (SSSR count). The normalized spacial score (nSPS) is 13.3. The van der Waals surface area contributed by atoms with Crippen LogP contribution in [-0.4, -0.2) is 25.0 Å². The van der Waals surface area contributed by atoms with E-state index in [1.807, 2.05) is 0 Å². The summed E-state index contributed by atoms with van der Waals surface area (Å²) in [6.07, 6.45) is 0. The lowest BCUT2D eigenvalue weighted by molar-refractivity contribution is -0.123. The molecule has 0 aromatic heterocycles. The van der Waals surface area contributed by atoms with Gasteiger partial charge in [0.1, 0.15) is 6.54 Å². The molecule has 0 saturated heterocycles. The van der Waals surface area contributed by atoms with Gasteiger partial charge in [0.15, 0.2) is 24.0 Å². The molecule has 0 bridgehead atoms. The predicted molar refractivity (Wildman–Crippen MR) is 79.2 cm³/mol. The number of nitrogens with one attached hydrogen (secondary N) is 1. The zero-order valence-electron chi connectivity index (χ0n) is 12.5. The number of amides is 2. The first kappa shape index (κ1) is 16.7. The Morgan fingerprint density at radius 2 is 1.76 bits per heavy atom. The second kappa shape index (κ2) is 6.42. The molecule has 2 amide bonds. The van der Waals surface area contributed by atoms with E-state index in [1.165, 1.54) is 0 Å². The van der Waals surface area contributed by atoms with Crippen molar-refractivity contribution in [2.75, 3.05) is 23.4 Å². The number of anilines is 2. The van der Waals surface area contributed by atoms with Crippen molar-refractivity contribution in [3.05, 3.63) is 53.6 Å². The molecule has 1 aliphatic rings. The maximum atomic E-state index is 13.5. The first-order valence-corrected chi connectivity index (χ1v) is 7.03. The zero-order valence-corrected chi connectivity index (χ0v) is 12.5. The van der Waals surface area contributed by atoms with Crippen molar-refractivity contribution in [3.63, 3.8) is 0 Å². The van der Waals surface area contributed by atoms with Crippen molar-refractivity contribution < 1.29 is 31.9 Å². The van der Waals surface area contributed by atoms with Gasteiger partial charge in [-0.2, -0.15) is 8.78 Å². The summed E-state index contributed by atoms with van der Waals surface area (Å²) in [5, 5.41) is 2.56. The molecule has 130 valence electrons. The lowest BCUT2D eigenvalue weighted by Gasteiger charge is -2.29. The molecule has 0 saturated carbocycles. The van der Waals surface area contributed by atoms with E-state index in [0.29, 0.717) is 11.4 Å². The van der Waals surface area contributed by atoms with Gasteiger partial charge in [-0.25, -0.2) is 8.78 Å². The van der Waals surface area contributed by atoms with E-state index in [-0.39, 0.29) is 12.6 Å². The van der Waals surface area contributed by atoms with Gasteiger partial charge in [-0.3, -0.25) is 14.5 Å². The van der Waals surface area contributed by atoms with E-state index in [1.54, 1.807) is 24.3 Å². The van der Waals surface area contributed by atoms with Crippen LogP contribution in [0.2, 0.25) is 0 Å². The van der Waals surface area contributed by atoms with Crippen LogP contribution in [0.3, 0.4) is 0 Å². The smallest absolute Gasteiger partial charge is 0.265 e. The number of carbonyl (C=O) groups excluding carboxylic acids is 2. The molecule has 2 aromatic rings. The number of fused-ring (bicyclic) bond motifs is 1. The number of rotatable bonds is 3. The third-order valence-corrected chi connectivity index (χ3v) is 3.48. The minimum absolute atomic E-state index is 0.0323. The van der Waals surface area contributed by atoms with Gasteiger partial charge in [0.2, 0.25) is 17.5 Å². The molecule has 1 heterocycles. The number of carbonyl (C=O) groups is 2. The Morgan fingerprint density at radius 3 is 2.44 bits per heavy atom. The molecular weight excluding hydrogens is 344 g/mol. The van der Waals surface area contributed by atoms with Gasteiger partial charge in [-0.15, -0.1) is 0 Å². The van der Waals surface area contributed by atoms with Crippen molar-refractivity contribution in [1.29, 1.82) is 0 Å². The number of benzene rings is 2. The predicted octanol–water partition coefficient (Wildman–Crippen LogP) is 2.61. The molecule has 2 aromatic carbocycles. The van der Waals surface area contributed by atoms with Crippen molar-refractivity contribution in [1.82, 2.24) is 0 Å². The Balaban J connectivity index is 1.82.